The normalized spacial score (nSPS) is 19.9. The standard InChI is InChI=1S/C17H21N5O2/c23-17(15-13-4-1-5-14(13)21-22-15)19-9-12-6-7-18-16(20-12)11-3-2-8-24-10-11/h6-7,11H,1-5,8-10H2,(H,19,23)(H,21,22). The number of nitrogens with one attached hydrogen (secondary N) is 2. The van der Waals surface area contributed by atoms with Crippen molar-refractivity contribution < 1.29 is 9.53 Å². The van der Waals surface area contributed by atoms with Gasteiger partial charge in [0.05, 0.1) is 18.8 Å². The summed E-state index contributed by atoms with van der Waals surface area (Å²) >= 11 is 0. The van der Waals surface area contributed by atoms with E-state index in [0.717, 1.165) is 61.5 Å². The summed E-state index contributed by atoms with van der Waals surface area (Å²) < 4.78 is 5.50. The number of aryl methyl sites for hydroxylation is 1. The van der Waals surface area contributed by atoms with Crippen LogP contribution in [-0.4, -0.2) is 39.3 Å². The quantitative estimate of drug-likeness (QED) is 0.888. The Bertz CT molecular complexity index is 736. The van der Waals surface area contributed by atoms with Crippen molar-refractivity contribution >= 4 is 5.91 Å². The summed E-state index contributed by atoms with van der Waals surface area (Å²) in [5.74, 6) is 0.918. The van der Waals surface area contributed by atoms with E-state index in [4.69, 9.17) is 4.74 Å². The maximum atomic E-state index is 12.4. The Morgan fingerprint density at radius 1 is 1.38 bits per heavy atom. The van der Waals surface area contributed by atoms with Crippen LogP contribution in [0.3, 0.4) is 0 Å². The molecular formula is C17H21N5O2. The van der Waals surface area contributed by atoms with Gasteiger partial charge in [0.25, 0.3) is 5.91 Å². The molecule has 0 saturated carbocycles. The number of hydrogen-bond acceptors (Lipinski definition) is 5. The summed E-state index contributed by atoms with van der Waals surface area (Å²) in [5.41, 5.74) is 3.50. The first-order chi connectivity index (χ1) is 11.8. The van der Waals surface area contributed by atoms with E-state index in [0.29, 0.717) is 18.8 Å². The first-order valence-electron chi connectivity index (χ1n) is 8.55. The highest BCUT2D eigenvalue weighted by Crippen LogP contribution is 2.23. The van der Waals surface area contributed by atoms with Crippen molar-refractivity contribution in [1.29, 1.82) is 0 Å². The number of nitrogens with zero attached hydrogens (tertiary/aromatic N) is 3. The second-order valence-corrected chi connectivity index (χ2v) is 6.39. The molecule has 0 aromatic carbocycles. The lowest BCUT2D eigenvalue weighted by Crippen LogP contribution is -2.25. The van der Waals surface area contributed by atoms with E-state index in [2.05, 4.69) is 25.5 Å². The Morgan fingerprint density at radius 2 is 2.33 bits per heavy atom. The third-order valence-electron chi connectivity index (χ3n) is 4.71. The summed E-state index contributed by atoms with van der Waals surface area (Å²) in [5, 5.41) is 10.0. The lowest BCUT2D eigenvalue weighted by molar-refractivity contribution is 0.0779. The molecule has 126 valence electrons. The molecule has 1 fully saturated rings. The molecule has 0 bridgehead atoms. The fourth-order valence-electron chi connectivity index (χ4n) is 3.41. The molecule has 1 saturated heterocycles. The van der Waals surface area contributed by atoms with Gasteiger partial charge in [-0.3, -0.25) is 9.89 Å². The number of amides is 1. The Morgan fingerprint density at radius 3 is 3.21 bits per heavy atom. The van der Waals surface area contributed by atoms with Crippen LogP contribution in [0.4, 0.5) is 0 Å². The molecule has 1 atom stereocenters. The zero-order valence-corrected chi connectivity index (χ0v) is 13.5. The van der Waals surface area contributed by atoms with Crippen LogP contribution in [0.5, 0.6) is 0 Å². The van der Waals surface area contributed by atoms with E-state index in [9.17, 15) is 4.79 Å². The van der Waals surface area contributed by atoms with E-state index in [-0.39, 0.29) is 11.8 Å². The minimum absolute atomic E-state index is 0.143. The Kier molecular flexibility index (Phi) is 4.25. The molecule has 1 amide bonds. The number of rotatable bonds is 4. The summed E-state index contributed by atoms with van der Waals surface area (Å²) in [7, 11) is 0. The molecule has 7 nitrogen and oxygen atoms in total. The molecule has 2 aromatic heterocycles. The lowest BCUT2D eigenvalue weighted by atomic mass is 10.0. The molecule has 2 aromatic rings. The third kappa shape index (κ3) is 3.03. The van der Waals surface area contributed by atoms with Crippen LogP contribution in [0, 0.1) is 0 Å². The smallest absolute Gasteiger partial charge is 0.272 e. The Hall–Kier alpha value is -2.28. The minimum Gasteiger partial charge on any atom is -0.381 e. The predicted molar refractivity (Wildman–Crippen MR) is 86.6 cm³/mol. The van der Waals surface area contributed by atoms with Gasteiger partial charge < -0.3 is 10.1 Å². The zero-order valence-electron chi connectivity index (χ0n) is 13.5. The van der Waals surface area contributed by atoms with Crippen LogP contribution < -0.4 is 5.32 Å². The van der Waals surface area contributed by atoms with Crippen molar-refractivity contribution in [2.24, 2.45) is 0 Å². The van der Waals surface area contributed by atoms with Crippen molar-refractivity contribution in [3.8, 4) is 0 Å². The average Bonchev–Trinajstić information content (AvgIpc) is 3.24. The van der Waals surface area contributed by atoms with E-state index in [1.807, 2.05) is 6.07 Å². The van der Waals surface area contributed by atoms with E-state index in [1.54, 1.807) is 6.20 Å². The Balaban J connectivity index is 1.41. The highest BCUT2D eigenvalue weighted by molar-refractivity contribution is 5.94. The molecule has 1 aliphatic heterocycles. The molecule has 1 aliphatic carbocycles. The highest BCUT2D eigenvalue weighted by Gasteiger charge is 2.23. The number of H-pyrrole nitrogens is 1. The first-order valence-corrected chi connectivity index (χ1v) is 8.55. The molecule has 24 heavy (non-hydrogen) atoms. The van der Waals surface area contributed by atoms with Gasteiger partial charge in [0.15, 0.2) is 5.69 Å². The maximum Gasteiger partial charge on any atom is 0.272 e. The van der Waals surface area contributed by atoms with E-state index in [1.165, 1.54) is 0 Å². The number of carbonyl (C=O) groups excluding carboxylic acids is 1. The minimum atomic E-state index is -0.143. The number of carbonyl (C=O) groups is 1. The summed E-state index contributed by atoms with van der Waals surface area (Å²) in [6.07, 6.45) is 6.84. The van der Waals surface area contributed by atoms with Crippen molar-refractivity contribution in [2.75, 3.05) is 13.2 Å². The van der Waals surface area contributed by atoms with E-state index < -0.39 is 0 Å². The molecule has 0 radical (unpaired) electrons. The topological polar surface area (TPSA) is 92.8 Å². The number of fused-ring (bicyclic) bond motifs is 1. The van der Waals surface area contributed by atoms with Crippen LogP contribution >= 0.6 is 0 Å². The van der Waals surface area contributed by atoms with Crippen LogP contribution in [-0.2, 0) is 24.1 Å². The first kappa shape index (κ1) is 15.3. The maximum absolute atomic E-state index is 12.4. The zero-order chi connectivity index (χ0) is 16.4. The number of hydrogen-bond donors (Lipinski definition) is 2. The van der Waals surface area contributed by atoms with Crippen molar-refractivity contribution in [3.05, 3.63) is 40.7 Å². The SMILES string of the molecule is O=C(NCc1ccnc(C2CCCOC2)n1)c1n[nH]c2c1CCC2. The summed E-state index contributed by atoms with van der Waals surface area (Å²) in [6, 6.07) is 1.84. The molecule has 2 aliphatic rings. The van der Waals surface area contributed by atoms with Gasteiger partial charge in [-0.05, 0) is 38.2 Å². The van der Waals surface area contributed by atoms with E-state index >= 15 is 0 Å². The number of ether oxygens (including phenoxy) is 1. The van der Waals surface area contributed by atoms with Crippen LogP contribution in [0.1, 0.15) is 58.4 Å². The lowest BCUT2D eigenvalue weighted by Gasteiger charge is -2.20. The molecule has 1 unspecified atom stereocenters. The fourth-order valence-corrected chi connectivity index (χ4v) is 3.41. The van der Waals surface area contributed by atoms with Gasteiger partial charge in [-0.15, -0.1) is 0 Å². The van der Waals surface area contributed by atoms with Gasteiger partial charge in [0, 0.05) is 30.0 Å². The van der Waals surface area contributed by atoms with Gasteiger partial charge >= 0.3 is 0 Å². The largest absolute Gasteiger partial charge is 0.381 e. The fraction of sp³-hybridized carbons (Fsp3) is 0.529. The van der Waals surface area contributed by atoms with Crippen LogP contribution in [0.2, 0.25) is 0 Å². The van der Waals surface area contributed by atoms with Gasteiger partial charge in [-0.1, -0.05) is 0 Å². The molecular weight excluding hydrogens is 306 g/mol. The molecule has 3 heterocycles. The van der Waals surface area contributed by atoms with Crippen molar-refractivity contribution in [1.82, 2.24) is 25.5 Å². The summed E-state index contributed by atoms with van der Waals surface area (Å²) in [4.78, 5) is 21.3. The van der Waals surface area contributed by atoms with Gasteiger partial charge in [-0.2, -0.15) is 5.10 Å². The van der Waals surface area contributed by atoms with Gasteiger partial charge in [0.2, 0.25) is 0 Å². The Labute approximate surface area is 140 Å². The van der Waals surface area contributed by atoms with Gasteiger partial charge in [-0.25, -0.2) is 9.97 Å². The molecule has 0 spiro atoms. The monoisotopic (exact) mass is 327 g/mol. The second-order valence-electron chi connectivity index (χ2n) is 6.39. The number of aromatic amines is 1. The third-order valence-corrected chi connectivity index (χ3v) is 4.71. The van der Waals surface area contributed by atoms with Crippen molar-refractivity contribution in [2.45, 2.75) is 44.6 Å². The molecule has 7 heteroatoms. The summed E-state index contributed by atoms with van der Waals surface area (Å²) in [6.45, 7) is 1.87. The molecule has 2 N–H and O–H groups in total. The van der Waals surface area contributed by atoms with Gasteiger partial charge in [0.1, 0.15) is 5.82 Å². The highest BCUT2D eigenvalue weighted by atomic mass is 16.5. The average molecular weight is 327 g/mol. The van der Waals surface area contributed by atoms with Crippen LogP contribution in [0.15, 0.2) is 12.3 Å². The molecule has 4 rings (SSSR count). The van der Waals surface area contributed by atoms with Crippen LogP contribution in [0.25, 0.3) is 0 Å². The predicted octanol–water partition coefficient (Wildman–Crippen LogP) is 1.51. The van der Waals surface area contributed by atoms with Crippen molar-refractivity contribution in [3.63, 3.8) is 0 Å². The number of aromatic nitrogens is 4. The second kappa shape index (κ2) is 6.68.